The molecule has 2 atom stereocenters. The van der Waals surface area contributed by atoms with Crippen LogP contribution in [0.3, 0.4) is 0 Å². The zero-order valence-electron chi connectivity index (χ0n) is 47.7. The normalized spacial score (nSPS) is 12.8. The van der Waals surface area contributed by atoms with E-state index in [0.717, 1.165) is 70.6 Å². The Kier molecular flexibility index (Phi) is 59.0. The smallest absolute Gasteiger partial charge is 0.305 e. The number of esters is 1. The summed E-state index contributed by atoms with van der Waals surface area (Å²) in [5.41, 5.74) is 0. The van der Waals surface area contributed by atoms with Crippen LogP contribution in [0, 0.1) is 0 Å². The molecule has 0 fully saturated rings. The zero-order valence-corrected chi connectivity index (χ0v) is 47.7. The molecule has 0 saturated heterocycles. The van der Waals surface area contributed by atoms with Gasteiger partial charge < -0.3 is 20.3 Å². The number of nitrogens with one attached hydrogen (secondary N) is 1. The van der Waals surface area contributed by atoms with Crippen molar-refractivity contribution < 1.29 is 24.5 Å². The summed E-state index contributed by atoms with van der Waals surface area (Å²) < 4.78 is 5.47. The van der Waals surface area contributed by atoms with E-state index in [4.69, 9.17) is 4.74 Å². The lowest BCUT2D eigenvalue weighted by Gasteiger charge is -2.20. The Hall–Kier alpha value is -1.92. The molecule has 418 valence electrons. The van der Waals surface area contributed by atoms with Crippen molar-refractivity contribution in [3.05, 3.63) is 36.5 Å². The van der Waals surface area contributed by atoms with Gasteiger partial charge in [-0.1, -0.05) is 281 Å². The highest BCUT2D eigenvalue weighted by Crippen LogP contribution is 2.17. The first-order valence-electron chi connectivity index (χ1n) is 31.8. The van der Waals surface area contributed by atoms with Crippen LogP contribution in [0.1, 0.15) is 341 Å². The van der Waals surface area contributed by atoms with Crippen molar-refractivity contribution in [1.82, 2.24) is 5.32 Å². The molecule has 0 heterocycles. The molecule has 6 nitrogen and oxygen atoms in total. The number of carbonyl (C=O) groups is 2. The highest BCUT2D eigenvalue weighted by Gasteiger charge is 2.18. The van der Waals surface area contributed by atoms with E-state index < -0.39 is 12.1 Å². The molecule has 0 rings (SSSR count). The third kappa shape index (κ3) is 57.2. The maximum absolute atomic E-state index is 12.5. The summed E-state index contributed by atoms with van der Waals surface area (Å²) >= 11 is 0. The number of carbonyl (C=O) groups excluding carboxylic acids is 2. The van der Waals surface area contributed by atoms with E-state index in [2.05, 4.69) is 43.5 Å². The number of unbranched alkanes of at least 4 members (excludes halogenated alkanes) is 44. The van der Waals surface area contributed by atoms with Gasteiger partial charge in [0.2, 0.25) is 5.91 Å². The second-order valence-electron chi connectivity index (χ2n) is 21.7. The molecular weight excluding hydrogens is 875 g/mol. The molecule has 0 spiro atoms. The molecule has 1 amide bonds. The van der Waals surface area contributed by atoms with Crippen molar-refractivity contribution in [2.45, 2.75) is 353 Å². The molecule has 0 aliphatic carbocycles. The lowest BCUT2D eigenvalue weighted by atomic mass is 10.0. The number of amides is 1. The van der Waals surface area contributed by atoms with Crippen LogP contribution in [0.25, 0.3) is 0 Å². The summed E-state index contributed by atoms with van der Waals surface area (Å²) in [7, 11) is 0. The van der Waals surface area contributed by atoms with Gasteiger partial charge in [-0.25, -0.2) is 0 Å². The SMILES string of the molecule is CCCCCCCC/C=C\CCCCCCCCCC(=O)OCCCCCC/C=C\CCCCCCCCCC(=O)NC(CO)C(O)/C=C/CCCCCCCCCCCCCCCCCCCCCC. The summed E-state index contributed by atoms with van der Waals surface area (Å²) in [6.45, 7) is 4.88. The Morgan fingerprint density at radius 1 is 0.380 bits per heavy atom. The number of rotatable bonds is 59. The second kappa shape index (κ2) is 60.6. The number of hydrogen-bond acceptors (Lipinski definition) is 5. The van der Waals surface area contributed by atoms with Crippen LogP contribution in [0.4, 0.5) is 0 Å². The molecule has 3 N–H and O–H groups in total. The number of hydrogen-bond donors (Lipinski definition) is 3. The first-order chi connectivity index (χ1) is 35.0. The fourth-order valence-corrected chi connectivity index (χ4v) is 9.74. The second-order valence-corrected chi connectivity index (χ2v) is 21.7. The monoisotopic (exact) mass is 998 g/mol. The lowest BCUT2D eigenvalue weighted by molar-refractivity contribution is -0.143. The molecule has 0 radical (unpaired) electrons. The maximum Gasteiger partial charge on any atom is 0.305 e. The average molecular weight is 999 g/mol. The van der Waals surface area contributed by atoms with Crippen molar-refractivity contribution in [2.24, 2.45) is 0 Å². The van der Waals surface area contributed by atoms with E-state index in [1.54, 1.807) is 6.08 Å². The Morgan fingerprint density at radius 2 is 0.662 bits per heavy atom. The van der Waals surface area contributed by atoms with Gasteiger partial charge in [-0.2, -0.15) is 0 Å². The van der Waals surface area contributed by atoms with E-state index in [9.17, 15) is 19.8 Å². The highest BCUT2D eigenvalue weighted by atomic mass is 16.5. The van der Waals surface area contributed by atoms with Crippen molar-refractivity contribution in [1.29, 1.82) is 0 Å². The quantitative estimate of drug-likeness (QED) is 0.0321. The number of allylic oxidation sites excluding steroid dienone is 5. The lowest BCUT2D eigenvalue weighted by Crippen LogP contribution is -2.45. The van der Waals surface area contributed by atoms with Crippen LogP contribution < -0.4 is 5.32 Å². The third-order valence-electron chi connectivity index (χ3n) is 14.6. The Labute approximate surface area is 443 Å². The van der Waals surface area contributed by atoms with Gasteiger partial charge in [-0.15, -0.1) is 0 Å². The van der Waals surface area contributed by atoms with E-state index in [-0.39, 0.29) is 18.5 Å². The summed E-state index contributed by atoms with van der Waals surface area (Å²) in [6.07, 6.45) is 76.1. The fraction of sp³-hybridized carbons (Fsp3) is 0.877. The molecular formula is C65H123NO5. The van der Waals surface area contributed by atoms with Gasteiger partial charge >= 0.3 is 5.97 Å². The van der Waals surface area contributed by atoms with Crippen molar-refractivity contribution >= 4 is 11.9 Å². The van der Waals surface area contributed by atoms with Gasteiger partial charge in [-0.05, 0) is 83.5 Å². The molecule has 0 saturated carbocycles. The van der Waals surface area contributed by atoms with Crippen LogP contribution in [0.5, 0.6) is 0 Å². The topological polar surface area (TPSA) is 95.9 Å². The highest BCUT2D eigenvalue weighted by molar-refractivity contribution is 5.76. The van der Waals surface area contributed by atoms with Crippen molar-refractivity contribution in [3.63, 3.8) is 0 Å². The van der Waals surface area contributed by atoms with Gasteiger partial charge in [-0.3, -0.25) is 9.59 Å². The van der Waals surface area contributed by atoms with Crippen molar-refractivity contribution in [3.8, 4) is 0 Å². The van der Waals surface area contributed by atoms with Gasteiger partial charge in [0.05, 0.1) is 25.4 Å². The van der Waals surface area contributed by atoms with Gasteiger partial charge in [0.15, 0.2) is 0 Å². The third-order valence-corrected chi connectivity index (χ3v) is 14.6. The number of aliphatic hydroxyl groups excluding tert-OH is 2. The van der Waals surface area contributed by atoms with Crippen LogP contribution in [0.2, 0.25) is 0 Å². The van der Waals surface area contributed by atoms with Crippen LogP contribution >= 0.6 is 0 Å². The molecule has 71 heavy (non-hydrogen) atoms. The minimum Gasteiger partial charge on any atom is -0.466 e. The zero-order chi connectivity index (χ0) is 51.4. The number of aliphatic hydroxyl groups is 2. The Balaban J connectivity index is 3.49. The van der Waals surface area contributed by atoms with E-state index >= 15 is 0 Å². The molecule has 2 unspecified atom stereocenters. The van der Waals surface area contributed by atoms with Crippen LogP contribution in [-0.2, 0) is 14.3 Å². The standard InChI is InChI=1S/C65H123NO5/c1-3-5-7-9-11-13-15-17-19-21-22-23-24-25-27-29-33-37-41-45-49-53-57-63(68)62(61-67)66-64(69)58-54-50-46-42-38-34-30-28-32-36-40-44-48-52-56-60-71-65(70)59-55-51-47-43-39-35-31-26-20-18-16-14-12-10-8-6-4-2/h18,20,32,36,53,57,62-63,67-68H,3-17,19,21-31,33-35,37-52,54-56,58-61H2,1-2H3,(H,66,69)/b20-18-,36-32-,57-53+. The summed E-state index contributed by atoms with van der Waals surface area (Å²) in [6, 6.07) is -0.641. The maximum atomic E-state index is 12.5. The van der Waals surface area contributed by atoms with E-state index in [1.165, 1.54) is 244 Å². The average Bonchev–Trinajstić information content (AvgIpc) is 3.37. The summed E-state index contributed by atoms with van der Waals surface area (Å²) in [5, 5.41) is 23.2. The molecule has 0 aromatic rings. The molecule has 6 heteroatoms. The predicted molar refractivity (Wildman–Crippen MR) is 310 cm³/mol. The Morgan fingerprint density at radius 3 is 1.00 bits per heavy atom. The minimum absolute atomic E-state index is 0.0141. The van der Waals surface area contributed by atoms with Crippen LogP contribution in [-0.4, -0.2) is 47.4 Å². The molecule has 0 aliphatic rings. The van der Waals surface area contributed by atoms with Gasteiger partial charge in [0.25, 0.3) is 0 Å². The Bertz CT molecular complexity index is 1150. The molecule has 0 aliphatic heterocycles. The fourth-order valence-electron chi connectivity index (χ4n) is 9.74. The number of ether oxygens (including phenoxy) is 1. The van der Waals surface area contributed by atoms with Crippen LogP contribution in [0.15, 0.2) is 36.5 Å². The van der Waals surface area contributed by atoms with E-state index in [1.807, 2.05) is 6.08 Å². The summed E-state index contributed by atoms with van der Waals surface area (Å²) in [5.74, 6) is -0.0948. The summed E-state index contributed by atoms with van der Waals surface area (Å²) in [4.78, 5) is 24.6. The van der Waals surface area contributed by atoms with Gasteiger partial charge in [0, 0.05) is 12.8 Å². The first kappa shape index (κ1) is 69.1. The molecule has 0 bridgehead atoms. The molecule has 0 aromatic carbocycles. The first-order valence-corrected chi connectivity index (χ1v) is 31.8. The van der Waals surface area contributed by atoms with Crippen molar-refractivity contribution in [2.75, 3.05) is 13.2 Å². The minimum atomic E-state index is -0.856. The predicted octanol–water partition coefficient (Wildman–Crippen LogP) is 20.0. The largest absolute Gasteiger partial charge is 0.466 e. The van der Waals surface area contributed by atoms with Gasteiger partial charge in [0.1, 0.15) is 0 Å². The van der Waals surface area contributed by atoms with E-state index in [0.29, 0.717) is 19.4 Å². The molecule has 0 aromatic heterocycles.